The van der Waals surface area contributed by atoms with E-state index in [9.17, 15) is 50.6 Å². The van der Waals surface area contributed by atoms with Crippen LogP contribution in [-0.4, -0.2) is 55.9 Å². The minimum absolute atomic E-state index is 0.0270. The summed E-state index contributed by atoms with van der Waals surface area (Å²) in [6.07, 6.45) is -9.70. The Hall–Kier alpha value is -3.30. The zero-order valence-electron chi connectivity index (χ0n) is 23.8. The summed E-state index contributed by atoms with van der Waals surface area (Å²) in [6, 6.07) is 4.51. The number of halogens is 9. The van der Waals surface area contributed by atoms with Crippen LogP contribution in [0.4, 0.5) is 32.0 Å². The molecule has 0 bridgehead atoms. The van der Waals surface area contributed by atoms with Crippen molar-refractivity contribution in [2.75, 3.05) is 17.5 Å². The van der Waals surface area contributed by atoms with Gasteiger partial charge in [0.05, 0.1) is 41.2 Å². The van der Waals surface area contributed by atoms with E-state index in [1.165, 1.54) is 31.4 Å². The third-order valence-electron chi connectivity index (χ3n) is 9.39. The van der Waals surface area contributed by atoms with Crippen molar-refractivity contribution in [2.24, 2.45) is 17.8 Å². The predicted molar refractivity (Wildman–Crippen MR) is 157 cm³/mol. The summed E-state index contributed by atoms with van der Waals surface area (Å²) >= 11 is 17.2. The van der Waals surface area contributed by atoms with E-state index >= 15 is 0 Å². The normalized spacial score (nSPS) is 30.7. The van der Waals surface area contributed by atoms with Gasteiger partial charge in [0.1, 0.15) is 11.5 Å². The summed E-state index contributed by atoms with van der Waals surface area (Å²) in [5.74, 6) is -9.37. The van der Waals surface area contributed by atoms with Crippen LogP contribution in [0.1, 0.15) is 35.4 Å². The third-order valence-corrected chi connectivity index (χ3v) is 11.3. The van der Waals surface area contributed by atoms with Gasteiger partial charge >= 0.3 is 12.4 Å². The number of ether oxygens (including phenoxy) is 1. The highest BCUT2D eigenvalue weighted by molar-refractivity contribution is 9.09. The Bertz CT molecular complexity index is 1750. The number of aromatic hydroxyl groups is 1. The number of benzene rings is 2. The number of hydrogen-bond donors (Lipinski definition) is 1. The Morgan fingerprint density at radius 1 is 0.936 bits per heavy atom. The topological polar surface area (TPSA) is 104 Å². The third kappa shape index (κ3) is 4.70. The second-order valence-electron chi connectivity index (χ2n) is 11.7. The number of amides is 4. The maximum absolute atomic E-state index is 14.1. The molecule has 2 aromatic carbocycles. The van der Waals surface area contributed by atoms with Gasteiger partial charge in [-0.1, -0.05) is 33.6 Å². The van der Waals surface area contributed by atoms with E-state index in [0.29, 0.717) is 4.90 Å². The van der Waals surface area contributed by atoms with Crippen molar-refractivity contribution >= 4 is 68.4 Å². The van der Waals surface area contributed by atoms with Crippen molar-refractivity contribution in [2.45, 2.75) is 40.9 Å². The predicted octanol–water partition coefficient (Wildman–Crippen LogP) is 6.35. The van der Waals surface area contributed by atoms with Gasteiger partial charge < -0.3 is 9.84 Å². The summed E-state index contributed by atoms with van der Waals surface area (Å²) in [5.41, 5.74) is -4.41. The first-order valence-electron chi connectivity index (χ1n) is 13.9. The van der Waals surface area contributed by atoms with E-state index in [-0.39, 0.29) is 47.0 Å². The second-order valence-corrected chi connectivity index (χ2v) is 13.4. The van der Waals surface area contributed by atoms with Crippen molar-refractivity contribution < 1.29 is 55.4 Å². The fraction of sp³-hybridized carbons (Fsp3) is 0.400. The lowest BCUT2D eigenvalue weighted by Gasteiger charge is -2.50. The molecule has 8 nitrogen and oxygen atoms in total. The van der Waals surface area contributed by atoms with Crippen molar-refractivity contribution in [3.63, 3.8) is 0 Å². The molecule has 2 saturated heterocycles. The summed E-state index contributed by atoms with van der Waals surface area (Å²) in [7, 11) is 1.34. The summed E-state index contributed by atoms with van der Waals surface area (Å²) in [6.45, 7) is 0. The van der Waals surface area contributed by atoms with Crippen LogP contribution in [0, 0.1) is 17.8 Å². The summed E-state index contributed by atoms with van der Waals surface area (Å²) < 4.78 is 87.1. The number of imide groups is 2. The molecule has 0 radical (unpaired) electrons. The van der Waals surface area contributed by atoms with Crippen molar-refractivity contribution in [1.29, 1.82) is 0 Å². The molecule has 250 valence electrons. The number of likely N-dealkylation sites (tertiary alicyclic amines) is 1. The smallest absolute Gasteiger partial charge is 0.416 e. The van der Waals surface area contributed by atoms with Crippen molar-refractivity contribution in [3.05, 3.63) is 64.7 Å². The quantitative estimate of drug-likeness (QED) is 0.128. The van der Waals surface area contributed by atoms with Gasteiger partial charge in [0, 0.05) is 17.5 Å². The number of alkyl halides is 9. The van der Waals surface area contributed by atoms with Gasteiger partial charge in [-0.25, -0.2) is 4.90 Å². The van der Waals surface area contributed by atoms with Crippen LogP contribution in [0.25, 0.3) is 0 Å². The van der Waals surface area contributed by atoms with Gasteiger partial charge in [-0.3, -0.25) is 24.1 Å². The fourth-order valence-electron chi connectivity index (χ4n) is 7.32. The van der Waals surface area contributed by atoms with Crippen LogP contribution in [-0.2, 0) is 31.5 Å². The first-order valence-corrected chi connectivity index (χ1v) is 15.7. The molecule has 1 saturated carbocycles. The highest BCUT2D eigenvalue weighted by Gasteiger charge is 2.76. The Morgan fingerprint density at radius 3 is 2.09 bits per heavy atom. The van der Waals surface area contributed by atoms with E-state index in [2.05, 4.69) is 15.9 Å². The monoisotopic (exact) mass is 768 g/mol. The highest BCUT2D eigenvalue weighted by atomic mass is 79.9. The first kappa shape index (κ1) is 33.6. The molecule has 6 atom stereocenters. The number of hydrogen-bond acceptors (Lipinski definition) is 6. The lowest BCUT2D eigenvalue weighted by atomic mass is 9.56. The standard InChI is InChI=1S/C30H21BrCl2F6N2O6/c1-47-15-2-3-17(20(42)9-15)22-16-4-5-18-21(19(16)10-27(32)25(45)40(11-31)26(46)28(22,27)33)24(44)41(23(18)43)14-7-12(29(34,35)36)6-13(8-14)30(37,38)39/h2-4,6-9,18-19,21-22,42H,5,10-11H2,1H3. The van der Waals surface area contributed by atoms with E-state index in [1.807, 2.05) is 0 Å². The number of allylic oxidation sites excluding steroid dienone is 2. The zero-order valence-corrected chi connectivity index (χ0v) is 26.9. The molecule has 2 aliphatic carbocycles. The van der Waals surface area contributed by atoms with Crippen LogP contribution < -0.4 is 9.64 Å². The number of phenols is 1. The number of rotatable bonds is 4. The molecular weight excluding hydrogens is 749 g/mol. The fourth-order valence-corrected chi connectivity index (χ4v) is 8.73. The lowest BCUT2D eigenvalue weighted by molar-refractivity contribution is -0.143. The molecule has 3 fully saturated rings. The molecular formula is C30H21BrCl2F6N2O6. The Labute approximate surface area is 280 Å². The maximum atomic E-state index is 14.1. The van der Waals surface area contributed by atoms with Crippen LogP contribution in [0.2, 0.25) is 0 Å². The largest absolute Gasteiger partial charge is 0.508 e. The van der Waals surface area contributed by atoms with Crippen LogP contribution in [0.3, 0.4) is 0 Å². The van der Waals surface area contributed by atoms with E-state index < -0.39 is 98.4 Å². The minimum Gasteiger partial charge on any atom is -0.508 e. The van der Waals surface area contributed by atoms with E-state index in [0.717, 1.165) is 4.90 Å². The zero-order chi connectivity index (χ0) is 34.6. The molecule has 0 spiro atoms. The maximum Gasteiger partial charge on any atom is 0.416 e. The lowest BCUT2D eigenvalue weighted by Crippen LogP contribution is -2.60. The van der Waals surface area contributed by atoms with Gasteiger partial charge in [0.15, 0.2) is 9.75 Å². The first-order chi connectivity index (χ1) is 21.8. The van der Waals surface area contributed by atoms with Gasteiger partial charge in [-0.2, -0.15) is 26.3 Å². The van der Waals surface area contributed by atoms with Gasteiger partial charge in [-0.05, 0) is 43.0 Å². The molecule has 2 heterocycles. The van der Waals surface area contributed by atoms with Crippen LogP contribution in [0.15, 0.2) is 48.0 Å². The second kappa shape index (κ2) is 10.9. The number of fused-ring (bicyclic) bond motifs is 4. The minimum atomic E-state index is -5.24. The summed E-state index contributed by atoms with van der Waals surface area (Å²) in [5, 5.41) is 11.1. The van der Waals surface area contributed by atoms with Crippen LogP contribution >= 0.6 is 39.1 Å². The Morgan fingerprint density at radius 2 is 1.55 bits per heavy atom. The van der Waals surface area contributed by atoms with Gasteiger partial charge in [0.2, 0.25) is 11.8 Å². The molecule has 17 heteroatoms. The molecule has 1 N–H and O–H groups in total. The van der Waals surface area contributed by atoms with Crippen molar-refractivity contribution in [1.82, 2.24) is 4.90 Å². The van der Waals surface area contributed by atoms with E-state index in [4.69, 9.17) is 27.9 Å². The molecule has 6 unspecified atom stereocenters. The van der Waals surface area contributed by atoms with Gasteiger partial charge in [-0.15, -0.1) is 23.2 Å². The number of nitrogens with zero attached hydrogens (tertiary/aromatic N) is 2. The number of carbonyl (C=O) groups excluding carboxylic acids is 4. The average Bonchev–Trinajstić information content (AvgIpc) is 3.33. The molecule has 47 heavy (non-hydrogen) atoms. The van der Waals surface area contributed by atoms with Crippen molar-refractivity contribution in [3.8, 4) is 11.5 Å². The van der Waals surface area contributed by atoms with Crippen LogP contribution in [0.5, 0.6) is 11.5 Å². The van der Waals surface area contributed by atoms with E-state index in [1.54, 1.807) is 0 Å². The molecule has 2 aliphatic heterocycles. The Kier molecular flexibility index (Phi) is 7.76. The number of methoxy groups -OCH3 is 1. The summed E-state index contributed by atoms with van der Waals surface area (Å²) in [4.78, 5) is 51.8. The average molecular weight is 770 g/mol. The number of phenolic OH excluding ortho intramolecular Hbond substituents is 1. The molecule has 4 aliphatic rings. The molecule has 2 aromatic rings. The molecule has 0 aromatic heterocycles. The molecule has 4 amide bonds. The highest BCUT2D eigenvalue weighted by Crippen LogP contribution is 2.66. The number of carbonyl (C=O) groups is 4. The Balaban J connectivity index is 1.51. The molecule has 6 rings (SSSR count). The number of anilines is 1. The van der Waals surface area contributed by atoms with Gasteiger partial charge in [0.25, 0.3) is 11.8 Å². The SMILES string of the molecule is COc1ccc(C2C3=CCC4C(=O)N(c5cc(C(F)(F)F)cc(C(F)(F)F)c5)C(=O)C4C3CC3(Cl)C(=O)N(CBr)C(=O)C23Cl)c(O)c1.